The normalized spacial score (nSPS) is 18.9. The van der Waals surface area contributed by atoms with Gasteiger partial charge in [0.1, 0.15) is 5.71 Å². The minimum atomic E-state index is -0.264. The number of hydrazone groups is 1. The lowest BCUT2D eigenvalue weighted by atomic mass is 10.1. The minimum absolute atomic E-state index is 0.164. The number of amides is 2. The molecule has 118 valence electrons. The zero-order valence-electron chi connectivity index (χ0n) is 12.3. The van der Waals surface area contributed by atoms with Crippen molar-refractivity contribution in [2.75, 3.05) is 6.54 Å². The molecule has 0 unspecified atom stereocenters. The van der Waals surface area contributed by atoms with Crippen LogP contribution >= 0.6 is 0 Å². The summed E-state index contributed by atoms with van der Waals surface area (Å²) in [6, 6.07) is 0. The van der Waals surface area contributed by atoms with E-state index < -0.39 is 0 Å². The third kappa shape index (κ3) is 3.49. The number of rotatable bonds is 5. The van der Waals surface area contributed by atoms with Crippen LogP contribution in [-0.2, 0) is 16.0 Å². The van der Waals surface area contributed by atoms with E-state index >= 15 is 0 Å². The first-order chi connectivity index (χ1) is 10.7. The lowest BCUT2D eigenvalue weighted by Crippen LogP contribution is -2.37. The van der Waals surface area contributed by atoms with E-state index in [1.807, 2.05) is 0 Å². The van der Waals surface area contributed by atoms with Crippen LogP contribution in [0.5, 0.6) is 0 Å². The Morgan fingerprint density at radius 1 is 1.32 bits per heavy atom. The fraction of sp³-hybridized carbons (Fsp3) is 0.643. The van der Waals surface area contributed by atoms with Crippen LogP contribution in [-0.4, -0.2) is 34.2 Å². The van der Waals surface area contributed by atoms with E-state index in [9.17, 15) is 9.59 Å². The molecule has 8 nitrogen and oxygen atoms in total. The van der Waals surface area contributed by atoms with Gasteiger partial charge in [0.15, 0.2) is 5.82 Å². The van der Waals surface area contributed by atoms with Crippen molar-refractivity contribution in [1.29, 1.82) is 0 Å². The Kier molecular flexibility index (Phi) is 4.45. The number of carbonyl (C=O) groups excluding carboxylic acids is 2. The summed E-state index contributed by atoms with van der Waals surface area (Å²) < 4.78 is 5.29. The molecule has 1 saturated carbocycles. The first kappa shape index (κ1) is 14.7. The van der Waals surface area contributed by atoms with E-state index in [0.29, 0.717) is 43.3 Å². The average Bonchev–Trinajstić information content (AvgIpc) is 3.19. The summed E-state index contributed by atoms with van der Waals surface area (Å²) >= 11 is 0. The van der Waals surface area contributed by atoms with E-state index in [2.05, 4.69) is 26.0 Å². The average molecular weight is 305 g/mol. The molecule has 0 saturated heterocycles. The molecule has 1 fully saturated rings. The number of nitrogens with zero attached hydrogens (tertiary/aromatic N) is 3. The van der Waals surface area contributed by atoms with Gasteiger partial charge in [0, 0.05) is 31.7 Å². The van der Waals surface area contributed by atoms with Crippen LogP contribution in [0.4, 0.5) is 0 Å². The van der Waals surface area contributed by atoms with Crippen molar-refractivity contribution in [3.8, 4) is 0 Å². The van der Waals surface area contributed by atoms with Crippen molar-refractivity contribution >= 4 is 17.5 Å². The monoisotopic (exact) mass is 305 g/mol. The van der Waals surface area contributed by atoms with E-state index in [0.717, 1.165) is 18.7 Å². The Morgan fingerprint density at radius 2 is 2.14 bits per heavy atom. The largest absolute Gasteiger partial charge is 0.350 e. The van der Waals surface area contributed by atoms with Crippen molar-refractivity contribution in [1.82, 2.24) is 20.9 Å². The molecule has 0 aromatic carbocycles. The van der Waals surface area contributed by atoms with Crippen LogP contribution in [0.15, 0.2) is 9.62 Å². The maximum absolute atomic E-state index is 11.9. The van der Waals surface area contributed by atoms with Gasteiger partial charge in [-0.3, -0.25) is 9.59 Å². The van der Waals surface area contributed by atoms with Crippen molar-refractivity contribution in [3.63, 3.8) is 0 Å². The highest BCUT2D eigenvalue weighted by Crippen LogP contribution is 2.32. The van der Waals surface area contributed by atoms with Crippen molar-refractivity contribution < 1.29 is 14.1 Å². The molecule has 2 heterocycles. The fourth-order valence-electron chi connectivity index (χ4n) is 2.74. The molecule has 2 amide bonds. The Bertz CT molecular complexity index is 589. The second kappa shape index (κ2) is 6.67. The van der Waals surface area contributed by atoms with E-state index in [1.165, 1.54) is 12.8 Å². The Morgan fingerprint density at radius 3 is 2.86 bits per heavy atom. The fourth-order valence-corrected chi connectivity index (χ4v) is 2.74. The zero-order valence-corrected chi connectivity index (χ0v) is 12.3. The number of carbonyl (C=O) groups is 2. The number of hydrogen-bond acceptors (Lipinski definition) is 6. The third-order valence-corrected chi connectivity index (χ3v) is 3.99. The molecular weight excluding hydrogens is 286 g/mol. The van der Waals surface area contributed by atoms with Crippen LogP contribution in [0, 0.1) is 0 Å². The summed E-state index contributed by atoms with van der Waals surface area (Å²) in [6.45, 7) is 0.412. The van der Waals surface area contributed by atoms with Gasteiger partial charge in [-0.1, -0.05) is 18.0 Å². The molecule has 2 N–H and O–H groups in total. The molecule has 1 aromatic heterocycles. The minimum Gasteiger partial charge on any atom is -0.350 e. The molecule has 2 aliphatic rings. The van der Waals surface area contributed by atoms with Gasteiger partial charge < -0.3 is 9.84 Å². The second-order valence-corrected chi connectivity index (χ2v) is 5.63. The molecule has 3 rings (SSSR count). The Balaban J connectivity index is 1.45. The van der Waals surface area contributed by atoms with Crippen molar-refractivity contribution in [2.45, 2.75) is 50.9 Å². The van der Waals surface area contributed by atoms with Gasteiger partial charge in [-0.2, -0.15) is 10.1 Å². The van der Waals surface area contributed by atoms with Gasteiger partial charge >= 0.3 is 0 Å². The first-order valence-electron chi connectivity index (χ1n) is 7.68. The van der Waals surface area contributed by atoms with E-state index in [4.69, 9.17) is 4.52 Å². The van der Waals surface area contributed by atoms with E-state index in [1.54, 1.807) is 0 Å². The summed E-state index contributed by atoms with van der Waals surface area (Å²) in [4.78, 5) is 27.2. The standard InChI is InChI=1S/C14H19N5O3/c20-12-6-5-10(17-18-12)13(21)15-8-7-11-16-14(22-19-11)9-3-1-2-4-9/h9H,1-8H2,(H,15,21)(H,18,20). The van der Waals surface area contributed by atoms with Gasteiger partial charge in [0.2, 0.25) is 11.8 Å². The Labute approximate surface area is 127 Å². The zero-order chi connectivity index (χ0) is 15.4. The molecule has 0 spiro atoms. The quantitative estimate of drug-likeness (QED) is 0.830. The number of nitrogens with one attached hydrogen (secondary N) is 2. The van der Waals surface area contributed by atoms with Crippen molar-refractivity contribution in [2.24, 2.45) is 5.10 Å². The van der Waals surface area contributed by atoms with Crippen LogP contribution in [0.1, 0.15) is 56.2 Å². The van der Waals surface area contributed by atoms with Crippen LogP contribution < -0.4 is 10.7 Å². The summed E-state index contributed by atoms with van der Waals surface area (Å²) in [7, 11) is 0. The topological polar surface area (TPSA) is 109 Å². The van der Waals surface area contributed by atoms with Gasteiger partial charge in [-0.25, -0.2) is 5.43 Å². The lowest BCUT2D eigenvalue weighted by Gasteiger charge is -2.11. The molecule has 1 aromatic rings. The summed E-state index contributed by atoms with van der Waals surface area (Å²) in [5.41, 5.74) is 2.65. The smallest absolute Gasteiger partial charge is 0.267 e. The van der Waals surface area contributed by atoms with Crippen LogP contribution in [0.2, 0.25) is 0 Å². The SMILES string of the molecule is O=C1CCC(C(=O)NCCc2noc(C3CCCC3)n2)=NN1. The van der Waals surface area contributed by atoms with Gasteiger partial charge in [0.05, 0.1) is 0 Å². The van der Waals surface area contributed by atoms with Gasteiger partial charge in [-0.15, -0.1) is 0 Å². The van der Waals surface area contributed by atoms with E-state index in [-0.39, 0.29) is 11.8 Å². The third-order valence-electron chi connectivity index (χ3n) is 3.99. The highest BCUT2D eigenvalue weighted by atomic mass is 16.5. The maximum atomic E-state index is 11.9. The maximum Gasteiger partial charge on any atom is 0.267 e. The molecule has 8 heteroatoms. The highest BCUT2D eigenvalue weighted by Gasteiger charge is 2.23. The number of hydrogen-bond donors (Lipinski definition) is 2. The molecule has 0 radical (unpaired) electrons. The molecule has 1 aliphatic heterocycles. The predicted octanol–water partition coefficient (Wildman–Crippen LogP) is 0.652. The van der Waals surface area contributed by atoms with Gasteiger partial charge in [-0.05, 0) is 12.8 Å². The predicted molar refractivity (Wildman–Crippen MR) is 77.0 cm³/mol. The highest BCUT2D eigenvalue weighted by molar-refractivity contribution is 6.39. The lowest BCUT2D eigenvalue weighted by molar-refractivity contribution is -0.121. The van der Waals surface area contributed by atoms with Gasteiger partial charge in [0.25, 0.3) is 5.91 Å². The summed E-state index contributed by atoms with van der Waals surface area (Å²) in [5.74, 6) is 1.30. The molecule has 22 heavy (non-hydrogen) atoms. The van der Waals surface area contributed by atoms with Crippen LogP contribution in [0.3, 0.4) is 0 Å². The summed E-state index contributed by atoms with van der Waals surface area (Å²) in [5, 5.41) is 10.5. The number of aromatic nitrogens is 2. The summed E-state index contributed by atoms with van der Waals surface area (Å²) in [6.07, 6.45) is 5.84. The van der Waals surface area contributed by atoms with Crippen LogP contribution in [0.25, 0.3) is 0 Å². The molecular formula is C14H19N5O3. The molecule has 0 atom stereocenters. The molecule has 0 bridgehead atoms. The second-order valence-electron chi connectivity index (χ2n) is 5.63. The Hall–Kier alpha value is -2.25. The van der Waals surface area contributed by atoms with Crippen molar-refractivity contribution in [3.05, 3.63) is 11.7 Å². The molecule has 1 aliphatic carbocycles. The first-order valence-corrected chi connectivity index (χ1v) is 7.68.